The summed E-state index contributed by atoms with van der Waals surface area (Å²) in [7, 11) is 0. The first-order valence-corrected chi connectivity index (χ1v) is 10.8. The standard InChI is InChI=1S/C18H15N5OS3/c1-12-15(10-19-23(12)13-6-3-2-4-7-13)16(24)20-17-21-22-18(27-17)26-11-14-8-5-9-25-14/h2-10H,11H2,1H3,(H,20,21,24). The van der Waals surface area contributed by atoms with Crippen molar-refractivity contribution in [1.82, 2.24) is 20.0 Å². The molecule has 6 nitrogen and oxygen atoms in total. The number of nitrogens with zero attached hydrogens (tertiary/aromatic N) is 4. The monoisotopic (exact) mass is 413 g/mol. The predicted octanol–water partition coefficient (Wildman–Crippen LogP) is 4.64. The Morgan fingerprint density at radius 3 is 2.81 bits per heavy atom. The Morgan fingerprint density at radius 2 is 2.04 bits per heavy atom. The zero-order valence-electron chi connectivity index (χ0n) is 14.3. The van der Waals surface area contributed by atoms with E-state index in [4.69, 9.17) is 0 Å². The molecule has 0 spiro atoms. The van der Waals surface area contributed by atoms with Crippen LogP contribution < -0.4 is 5.32 Å². The largest absolute Gasteiger partial charge is 0.296 e. The average Bonchev–Trinajstić information content (AvgIpc) is 3.42. The number of para-hydroxylation sites is 1. The van der Waals surface area contributed by atoms with Crippen LogP contribution in [0, 0.1) is 6.92 Å². The molecule has 0 bridgehead atoms. The third kappa shape index (κ3) is 4.10. The van der Waals surface area contributed by atoms with Gasteiger partial charge in [0.2, 0.25) is 5.13 Å². The molecule has 136 valence electrons. The van der Waals surface area contributed by atoms with E-state index in [1.165, 1.54) is 16.2 Å². The van der Waals surface area contributed by atoms with Crippen LogP contribution in [-0.4, -0.2) is 25.9 Å². The quantitative estimate of drug-likeness (QED) is 0.368. The van der Waals surface area contributed by atoms with Crippen LogP contribution in [0.3, 0.4) is 0 Å². The van der Waals surface area contributed by atoms with Crippen molar-refractivity contribution in [1.29, 1.82) is 0 Å². The number of thioether (sulfide) groups is 1. The number of amides is 1. The van der Waals surface area contributed by atoms with E-state index < -0.39 is 0 Å². The van der Waals surface area contributed by atoms with Gasteiger partial charge in [0.1, 0.15) is 0 Å². The third-order valence-corrected chi connectivity index (χ3v) is 6.88. The molecule has 1 N–H and O–H groups in total. The smallest absolute Gasteiger partial charge is 0.260 e. The molecule has 1 amide bonds. The van der Waals surface area contributed by atoms with Gasteiger partial charge in [0, 0.05) is 10.6 Å². The molecule has 0 aliphatic carbocycles. The van der Waals surface area contributed by atoms with Crippen molar-refractivity contribution in [2.45, 2.75) is 17.0 Å². The van der Waals surface area contributed by atoms with Crippen molar-refractivity contribution in [3.63, 3.8) is 0 Å². The highest BCUT2D eigenvalue weighted by Crippen LogP contribution is 2.29. The van der Waals surface area contributed by atoms with Crippen LogP contribution in [0.15, 0.2) is 58.4 Å². The Labute approximate surface area is 168 Å². The van der Waals surface area contributed by atoms with Gasteiger partial charge in [-0.1, -0.05) is 47.4 Å². The second-order valence-corrected chi connectivity index (χ2v) is 8.82. The summed E-state index contributed by atoms with van der Waals surface area (Å²) in [4.78, 5) is 13.9. The van der Waals surface area contributed by atoms with E-state index in [0.717, 1.165) is 21.5 Å². The zero-order chi connectivity index (χ0) is 18.6. The van der Waals surface area contributed by atoms with E-state index >= 15 is 0 Å². The fourth-order valence-electron chi connectivity index (χ4n) is 2.47. The summed E-state index contributed by atoms with van der Waals surface area (Å²) in [6.07, 6.45) is 1.57. The molecule has 27 heavy (non-hydrogen) atoms. The first kappa shape index (κ1) is 17.9. The SMILES string of the molecule is Cc1c(C(=O)Nc2nnc(SCc3cccs3)s2)cnn1-c1ccccc1. The van der Waals surface area contributed by atoms with Gasteiger partial charge in [-0.05, 0) is 30.5 Å². The summed E-state index contributed by atoms with van der Waals surface area (Å²) in [5, 5.41) is 17.9. The Bertz CT molecular complexity index is 1040. The summed E-state index contributed by atoms with van der Waals surface area (Å²) < 4.78 is 2.58. The number of aromatic nitrogens is 4. The minimum Gasteiger partial charge on any atom is -0.296 e. The van der Waals surface area contributed by atoms with E-state index in [1.54, 1.807) is 34.0 Å². The highest BCUT2D eigenvalue weighted by atomic mass is 32.2. The van der Waals surface area contributed by atoms with Crippen LogP contribution in [0.25, 0.3) is 5.69 Å². The van der Waals surface area contributed by atoms with E-state index in [1.807, 2.05) is 43.3 Å². The third-order valence-electron chi connectivity index (χ3n) is 3.80. The average molecular weight is 414 g/mol. The number of carbonyl (C=O) groups excluding carboxylic acids is 1. The minimum absolute atomic E-state index is 0.236. The van der Waals surface area contributed by atoms with Crippen LogP contribution in [0.1, 0.15) is 20.9 Å². The molecular formula is C18H15N5OS3. The predicted molar refractivity (Wildman–Crippen MR) is 110 cm³/mol. The maximum atomic E-state index is 12.6. The Balaban J connectivity index is 1.43. The molecular weight excluding hydrogens is 398 g/mol. The molecule has 0 fully saturated rings. The Morgan fingerprint density at radius 1 is 1.19 bits per heavy atom. The number of hydrogen-bond acceptors (Lipinski definition) is 7. The lowest BCUT2D eigenvalue weighted by molar-refractivity contribution is 0.102. The molecule has 4 rings (SSSR count). The summed E-state index contributed by atoms with van der Waals surface area (Å²) in [6, 6.07) is 13.8. The molecule has 4 aromatic rings. The zero-order valence-corrected chi connectivity index (χ0v) is 16.8. The van der Waals surface area contributed by atoms with Crippen molar-refractivity contribution in [2.24, 2.45) is 0 Å². The first-order valence-electron chi connectivity index (χ1n) is 8.11. The lowest BCUT2D eigenvalue weighted by atomic mass is 10.2. The second kappa shape index (κ2) is 8.03. The van der Waals surface area contributed by atoms with Gasteiger partial charge in [-0.3, -0.25) is 10.1 Å². The van der Waals surface area contributed by atoms with E-state index in [9.17, 15) is 4.79 Å². The minimum atomic E-state index is -0.236. The van der Waals surface area contributed by atoms with Gasteiger partial charge in [-0.25, -0.2) is 4.68 Å². The van der Waals surface area contributed by atoms with E-state index in [0.29, 0.717) is 10.7 Å². The number of carbonyl (C=O) groups is 1. The lowest BCUT2D eigenvalue weighted by Crippen LogP contribution is -2.13. The molecule has 0 saturated heterocycles. The van der Waals surface area contributed by atoms with Crippen molar-refractivity contribution in [2.75, 3.05) is 5.32 Å². The van der Waals surface area contributed by atoms with Crippen molar-refractivity contribution in [3.05, 3.63) is 70.2 Å². The molecule has 0 aliphatic heterocycles. The van der Waals surface area contributed by atoms with Crippen LogP contribution >= 0.6 is 34.4 Å². The highest BCUT2D eigenvalue weighted by Gasteiger charge is 2.17. The number of rotatable bonds is 6. The molecule has 0 aliphatic rings. The van der Waals surface area contributed by atoms with E-state index in [-0.39, 0.29) is 5.91 Å². The second-order valence-electron chi connectivity index (χ2n) is 5.59. The molecule has 0 unspecified atom stereocenters. The molecule has 0 atom stereocenters. The topological polar surface area (TPSA) is 72.7 Å². The van der Waals surface area contributed by atoms with E-state index in [2.05, 4.69) is 32.1 Å². The first-order chi connectivity index (χ1) is 13.2. The fourth-order valence-corrected chi connectivity index (χ4v) is 4.99. The van der Waals surface area contributed by atoms with Gasteiger partial charge in [0.05, 0.1) is 23.1 Å². The van der Waals surface area contributed by atoms with Gasteiger partial charge in [-0.2, -0.15) is 5.10 Å². The summed E-state index contributed by atoms with van der Waals surface area (Å²) in [5.41, 5.74) is 2.20. The van der Waals surface area contributed by atoms with Crippen LogP contribution in [0.5, 0.6) is 0 Å². The van der Waals surface area contributed by atoms with Gasteiger partial charge in [-0.15, -0.1) is 21.5 Å². The number of benzene rings is 1. The fraction of sp³-hybridized carbons (Fsp3) is 0.111. The van der Waals surface area contributed by atoms with Crippen LogP contribution in [0.4, 0.5) is 5.13 Å². The maximum absolute atomic E-state index is 12.6. The molecule has 3 heterocycles. The van der Waals surface area contributed by atoms with Gasteiger partial charge in [0.25, 0.3) is 5.91 Å². The molecule has 1 aromatic carbocycles. The van der Waals surface area contributed by atoms with Crippen LogP contribution in [0.2, 0.25) is 0 Å². The summed E-state index contributed by atoms with van der Waals surface area (Å²) in [5.74, 6) is 0.615. The number of nitrogens with one attached hydrogen (secondary N) is 1. The normalized spacial score (nSPS) is 10.9. The number of hydrogen-bond donors (Lipinski definition) is 1. The summed E-state index contributed by atoms with van der Waals surface area (Å²) in [6.45, 7) is 1.87. The number of thiophene rings is 1. The molecule has 0 radical (unpaired) electrons. The molecule has 0 saturated carbocycles. The van der Waals surface area contributed by atoms with Gasteiger partial charge < -0.3 is 0 Å². The van der Waals surface area contributed by atoms with Gasteiger partial charge in [0.15, 0.2) is 4.34 Å². The Kier molecular flexibility index (Phi) is 5.33. The van der Waals surface area contributed by atoms with Crippen molar-refractivity contribution >= 4 is 45.5 Å². The highest BCUT2D eigenvalue weighted by molar-refractivity contribution is 8.00. The molecule has 3 aromatic heterocycles. The molecule has 9 heteroatoms. The summed E-state index contributed by atoms with van der Waals surface area (Å²) >= 11 is 4.70. The van der Waals surface area contributed by atoms with Gasteiger partial charge >= 0.3 is 0 Å². The van der Waals surface area contributed by atoms with Crippen molar-refractivity contribution in [3.8, 4) is 5.69 Å². The lowest BCUT2D eigenvalue weighted by Gasteiger charge is -2.05. The Hall–Kier alpha value is -2.49. The number of anilines is 1. The maximum Gasteiger partial charge on any atom is 0.260 e. The van der Waals surface area contributed by atoms with Crippen LogP contribution in [-0.2, 0) is 5.75 Å². The van der Waals surface area contributed by atoms with Crippen molar-refractivity contribution < 1.29 is 4.79 Å².